The van der Waals surface area contributed by atoms with Crippen molar-refractivity contribution in [2.24, 2.45) is 15.5 Å². The van der Waals surface area contributed by atoms with Crippen molar-refractivity contribution in [3.05, 3.63) is 0 Å². The minimum absolute atomic E-state index is 0.301. The SMILES string of the molecule is CCCC(C)=NOC(O[SiH3])(ON=C(C)CCC)ON=C(C)CCC. The fourth-order valence-electron chi connectivity index (χ4n) is 1.79. The van der Waals surface area contributed by atoms with Gasteiger partial charge in [0.25, 0.3) is 0 Å². The molecule has 0 N–H and O–H groups in total. The van der Waals surface area contributed by atoms with Crippen molar-refractivity contribution in [3.8, 4) is 0 Å². The van der Waals surface area contributed by atoms with Crippen LogP contribution in [0.25, 0.3) is 0 Å². The molecule has 0 aliphatic carbocycles. The Morgan fingerprint density at radius 3 is 1.21 bits per heavy atom. The van der Waals surface area contributed by atoms with Crippen LogP contribution in [0.5, 0.6) is 0 Å². The van der Waals surface area contributed by atoms with E-state index in [2.05, 4.69) is 36.2 Å². The van der Waals surface area contributed by atoms with Gasteiger partial charge in [-0.2, -0.15) is 0 Å². The van der Waals surface area contributed by atoms with Crippen molar-refractivity contribution >= 4 is 27.6 Å². The van der Waals surface area contributed by atoms with Crippen LogP contribution in [0.1, 0.15) is 80.1 Å². The average Bonchev–Trinajstić information content (AvgIpc) is 2.55. The van der Waals surface area contributed by atoms with Gasteiger partial charge in [0.1, 0.15) is 0 Å². The van der Waals surface area contributed by atoms with Crippen LogP contribution in [0.15, 0.2) is 15.5 Å². The maximum atomic E-state index is 5.39. The van der Waals surface area contributed by atoms with Crippen molar-refractivity contribution in [1.29, 1.82) is 0 Å². The van der Waals surface area contributed by atoms with E-state index in [0.717, 1.165) is 55.7 Å². The zero-order chi connectivity index (χ0) is 18.4. The Balaban J connectivity index is 5.23. The van der Waals surface area contributed by atoms with Crippen LogP contribution in [-0.2, 0) is 18.9 Å². The molecule has 0 amide bonds. The number of oxime groups is 3. The molecule has 0 aromatic heterocycles. The Bertz CT molecular complexity index is 379. The molecule has 0 saturated heterocycles. The highest BCUT2D eigenvalue weighted by Crippen LogP contribution is 2.19. The molecule has 0 aromatic rings. The molecule has 0 heterocycles. The van der Waals surface area contributed by atoms with Crippen LogP contribution in [0, 0.1) is 0 Å². The zero-order valence-electron chi connectivity index (χ0n) is 16.2. The van der Waals surface area contributed by atoms with Gasteiger partial charge in [0.05, 0.1) is 17.1 Å². The van der Waals surface area contributed by atoms with E-state index < -0.39 is 6.16 Å². The van der Waals surface area contributed by atoms with E-state index in [4.69, 9.17) is 18.9 Å². The maximum Gasteiger partial charge on any atom is 0.609 e. The number of hydrogen-bond acceptors (Lipinski definition) is 7. The molecule has 0 radical (unpaired) electrons. The van der Waals surface area contributed by atoms with Gasteiger partial charge in [-0.15, -0.1) is 0 Å². The van der Waals surface area contributed by atoms with Gasteiger partial charge in [-0.05, 0) is 40.0 Å². The van der Waals surface area contributed by atoms with Gasteiger partial charge < -0.3 is 4.43 Å². The molecule has 0 fully saturated rings. The Labute approximate surface area is 149 Å². The Hall–Kier alpha value is -1.41. The van der Waals surface area contributed by atoms with E-state index in [1.807, 2.05) is 20.8 Å². The normalized spacial score (nSPS) is 16.0. The summed E-state index contributed by atoms with van der Waals surface area (Å²) in [5.74, 6) is 0. The topological polar surface area (TPSA) is 74.0 Å². The summed E-state index contributed by atoms with van der Waals surface area (Å²) in [6.45, 7) is 11.8. The largest absolute Gasteiger partial charge is 0.609 e. The van der Waals surface area contributed by atoms with Gasteiger partial charge in [-0.1, -0.05) is 55.5 Å². The van der Waals surface area contributed by atoms with Gasteiger partial charge in [0, 0.05) is 0 Å². The smallest absolute Gasteiger partial charge is 0.321 e. The molecule has 0 saturated carbocycles. The first-order chi connectivity index (χ1) is 11.4. The molecule has 8 heteroatoms. The predicted octanol–water partition coefficient (Wildman–Crippen LogP) is 3.47. The van der Waals surface area contributed by atoms with Crippen molar-refractivity contribution in [2.45, 2.75) is 86.2 Å². The van der Waals surface area contributed by atoms with Gasteiger partial charge in [0.2, 0.25) is 0 Å². The summed E-state index contributed by atoms with van der Waals surface area (Å²) < 4.78 is 5.37. The highest BCUT2D eigenvalue weighted by Gasteiger charge is 2.41. The molecular weight excluding hydrogens is 326 g/mol. The van der Waals surface area contributed by atoms with Crippen LogP contribution < -0.4 is 0 Å². The maximum absolute atomic E-state index is 5.39. The van der Waals surface area contributed by atoms with E-state index in [1.54, 1.807) is 0 Å². The summed E-state index contributed by atoms with van der Waals surface area (Å²) in [5.41, 5.74) is 2.45. The van der Waals surface area contributed by atoms with Gasteiger partial charge in [-0.25, -0.2) is 0 Å². The lowest BCUT2D eigenvalue weighted by molar-refractivity contribution is -0.474. The fourth-order valence-corrected chi connectivity index (χ4v) is 2.01. The van der Waals surface area contributed by atoms with Crippen LogP contribution >= 0.6 is 0 Å². The molecule has 140 valence electrons. The number of nitrogens with zero attached hydrogens (tertiary/aromatic N) is 3. The molecule has 0 unspecified atom stereocenters. The van der Waals surface area contributed by atoms with E-state index in [0.29, 0.717) is 10.5 Å². The van der Waals surface area contributed by atoms with Crippen LogP contribution in [-0.4, -0.2) is 33.8 Å². The summed E-state index contributed by atoms with van der Waals surface area (Å²) in [5, 5.41) is 12.1. The number of hydrogen-bond donors (Lipinski definition) is 0. The van der Waals surface area contributed by atoms with E-state index in [9.17, 15) is 0 Å². The van der Waals surface area contributed by atoms with Crippen molar-refractivity contribution in [2.75, 3.05) is 0 Å². The quantitative estimate of drug-likeness (QED) is 0.218. The van der Waals surface area contributed by atoms with Gasteiger partial charge in [0.15, 0.2) is 10.5 Å². The molecule has 24 heavy (non-hydrogen) atoms. The highest BCUT2D eigenvalue weighted by molar-refractivity contribution is 5.98. The predicted molar refractivity (Wildman–Crippen MR) is 101 cm³/mol. The Morgan fingerprint density at radius 2 is 1.00 bits per heavy atom. The van der Waals surface area contributed by atoms with Crippen molar-refractivity contribution in [1.82, 2.24) is 0 Å². The lowest BCUT2D eigenvalue weighted by Gasteiger charge is -2.23. The first-order valence-electron chi connectivity index (χ1n) is 8.63. The Morgan fingerprint density at radius 1 is 0.708 bits per heavy atom. The molecule has 0 bridgehead atoms. The first-order valence-corrected chi connectivity index (χ1v) is 9.44. The van der Waals surface area contributed by atoms with Gasteiger partial charge >= 0.3 is 6.16 Å². The Kier molecular flexibility index (Phi) is 12.2. The molecule has 0 aromatic carbocycles. The van der Waals surface area contributed by atoms with E-state index in [-0.39, 0.29) is 0 Å². The molecule has 0 aliphatic heterocycles. The number of rotatable bonds is 13. The summed E-state index contributed by atoms with van der Waals surface area (Å²) in [7, 11) is 0.301. The summed E-state index contributed by atoms with van der Waals surface area (Å²) in [6.07, 6.45) is 3.48. The monoisotopic (exact) mass is 359 g/mol. The summed E-state index contributed by atoms with van der Waals surface area (Å²) in [4.78, 5) is 16.2. The second-order valence-corrected chi connectivity index (χ2v) is 6.12. The third kappa shape index (κ3) is 9.66. The highest BCUT2D eigenvalue weighted by atomic mass is 28.2. The van der Waals surface area contributed by atoms with Gasteiger partial charge in [-0.3, -0.25) is 14.5 Å². The van der Waals surface area contributed by atoms with E-state index in [1.165, 1.54) is 0 Å². The van der Waals surface area contributed by atoms with Crippen molar-refractivity contribution in [3.63, 3.8) is 0 Å². The van der Waals surface area contributed by atoms with Crippen LogP contribution in [0.4, 0.5) is 0 Å². The standard InChI is InChI=1S/C16H33N3O4Si/c1-7-10-13(4)17-20-16(23-24,21-18-14(5)11-8-2)22-19-15(6)12-9-3/h7-12H2,1-6,24H3. The molecule has 0 spiro atoms. The molecule has 0 rings (SSSR count). The second kappa shape index (κ2) is 12.9. The summed E-state index contributed by atoms with van der Waals surface area (Å²) in [6, 6.07) is 0. The minimum atomic E-state index is -1.87. The third-order valence-electron chi connectivity index (χ3n) is 3.03. The lowest BCUT2D eigenvalue weighted by Crippen LogP contribution is -2.38. The first kappa shape index (κ1) is 22.6. The zero-order valence-corrected chi connectivity index (χ0v) is 18.2. The molecule has 0 aliphatic rings. The lowest BCUT2D eigenvalue weighted by atomic mass is 10.2. The van der Waals surface area contributed by atoms with E-state index >= 15 is 0 Å². The second-order valence-electron chi connectivity index (χ2n) is 5.71. The third-order valence-corrected chi connectivity index (χ3v) is 3.53. The molecular formula is C16H33N3O4Si. The van der Waals surface area contributed by atoms with Crippen LogP contribution in [0.3, 0.4) is 0 Å². The van der Waals surface area contributed by atoms with Crippen LogP contribution in [0.2, 0.25) is 0 Å². The molecule has 0 atom stereocenters. The van der Waals surface area contributed by atoms with Crippen molar-refractivity contribution < 1.29 is 18.9 Å². The minimum Gasteiger partial charge on any atom is -0.321 e. The average molecular weight is 360 g/mol. The summed E-state index contributed by atoms with van der Waals surface area (Å²) >= 11 is 0. The molecule has 7 nitrogen and oxygen atoms in total. The fraction of sp³-hybridized carbons (Fsp3) is 0.812.